The van der Waals surface area contributed by atoms with E-state index in [0.29, 0.717) is 5.56 Å². The summed E-state index contributed by atoms with van der Waals surface area (Å²) in [4.78, 5) is 2.43. The topological polar surface area (TPSA) is 39.1 Å². The van der Waals surface area contributed by atoms with Crippen molar-refractivity contribution in [1.82, 2.24) is 4.90 Å². The fourth-order valence-electron chi connectivity index (χ4n) is 2.65. The largest absolute Gasteiger partial charge is 0.383 e. The van der Waals surface area contributed by atoms with E-state index in [4.69, 9.17) is 5.26 Å². The molecule has 1 aromatic rings. The van der Waals surface area contributed by atoms with Crippen molar-refractivity contribution in [3.8, 4) is 6.07 Å². The summed E-state index contributed by atoms with van der Waals surface area (Å²) in [5.41, 5.74) is 1.61. The lowest BCUT2D eigenvalue weighted by Gasteiger charge is -2.24. The van der Waals surface area contributed by atoms with Crippen molar-refractivity contribution in [2.24, 2.45) is 0 Å². The molecule has 1 fully saturated rings. The molecule has 0 aliphatic heterocycles. The molecular formula is C15H20BrN3. The second-order valence-electron chi connectivity index (χ2n) is 5.15. The molecule has 2 rings (SSSR count). The second-order valence-corrected chi connectivity index (χ2v) is 6.06. The van der Waals surface area contributed by atoms with E-state index in [0.717, 1.165) is 29.3 Å². The maximum absolute atomic E-state index is 9.07. The van der Waals surface area contributed by atoms with Gasteiger partial charge in [-0.25, -0.2) is 0 Å². The van der Waals surface area contributed by atoms with E-state index < -0.39 is 0 Å². The van der Waals surface area contributed by atoms with E-state index in [-0.39, 0.29) is 0 Å². The number of nitrogens with one attached hydrogen (secondary N) is 1. The minimum Gasteiger partial charge on any atom is -0.383 e. The summed E-state index contributed by atoms with van der Waals surface area (Å²) < 4.78 is 0.998. The Morgan fingerprint density at radius 3 is 2.84 bits per heavy atom. The first-order valence-electron chi connectivity index (χ1n) is 6.84. The average Bonchev–Trinajstić information content (AvgIpc) is 2.93. The number of hydrogen-bond donors (Lipinski definition) is 1. The standard InChI is InChI=1S/C15H20BrN3/c1-19(14-4-2-3-5-14)9-8-18-15-10-13(16)7-6-12(15)11-17/h6-7,10,14,18H,2-5,8-9H2,1H3. The van der Waals surface area contributed by atoms with Crippen LogP contribution in [-0.4, -0.2) is 31.1 Å². The van der Waals surface area contributed by atoms with E-state index >= 15 is 0 Å². The van der Waals surface area contributed by atoms with Gasteiger partial charge in [0, 0.05) is 23.6 Å². The Labute approximate surface area is 123 Å². The van der Waals surface area contributed by atoms with Gasteiger partial charge >= 0.3 is 0 Å². The zero-order valence-electron chi connectivity index (χ0n) is 11.3. The zero-order valence-corrected chi connectivity index (χ0v) is 12.9. The van der Waals surface area contributed by atoms with E-state index in [1.807, 2.05) is 18.2 Å². The second kappa shape index (κ2) is 6.93. The van der Waals surface area contributed by atoms with E-state index in [1.54, 1.807) is 0 Å². The van der Waals surface area contributed by atoms with Crippen LogP contribution in [0.2, 0.25) is 0 Å². The summed E-state index contributed by atoms with van der Waals surface area (Å²) in [5, 5.41) is 12.4. The molecule has 1 N–H and O–H groups in total. The van der Waals surface area contributed by atoms with Crippen molar-refractivity contribution >= 4 is 21.6 Å². The molecular weight excluding hydrogens is 302 g/mol. The van der Waals surface area contributed by atoms with Crippen LogP contribution >= 0.6 is 15.9 Å². The van der Waals surface area contributed by atoms with Crippen LogP contribution in [0.5, 0.6) is 0 Å². The van der Waals surface area contributed by atoms with Gasteiger partial charge in [-0.1, -0.05) is 28.8 Å². The van der Waals surface area contributed by atoms with E-state index in [9.17, 15) is 0 Å². The van der Waals surface area contributed by atoms with Gasteiger partial charge in [0.2, 0.25) is 0 Å². The molecule has 0 saturated heterocycles. The third kappa shape index (κ3) is 3.95. The SMILES string of the molecule is CN(CCNc1cc(Br)ccc1C#N)C1CCCC1. The highest BCUT2D eigenvalue weighted by atomic mass is 79.9. The molecule has 4 heteroatoms. The summed E-state index contributed by atoms with van der Waals surface area (Å²) in [6, 6.07) is 8.67. The fourth-order valence-corrected chi connectivity index (χ4v) is 3.02. The van der Waals surface area contributed by atoms with Gasteiger partial charge in [0.1, 0.15) is 6.07 Å². The van der Waals surface area contributed by atoms with Crippen LogP contribution in [-0.2, 0) is 0 Å². The van der Waals surface area contributed by atoms with Crippen LogP contribution in [0.15, 0.2) is 22.7 Å². The summed E-state index contributed by atoms with van der Waals surface area (Å²) in [6.45, 7) is 1.89. The maximum atomic E-state index is 9.07. The number of benzene rings is 1. The Kier molecular flexibility index (Phi) is 5.24. The third-order valence-corrected chi connectivity index (χ3v) is 4.32. The predicted molar refractivity (Wildman–Crippen MR) is 82.2 cm³/mol. The molecule has 0 atom stereocenters. The van der Waals surface area contributed by atoms with Gasteiger partial charge in [-0.2, -0.15) is 5.26 Å². The molecule has 0 amide bonds. The van der Waals surface area contributed by atoms with Crippen LogP contribution in [0.25, 0.3) is 0 Å². The Bertz CT molecular complexity index is 461. The minimum atomic E-state index is 0.701. The van der Waals surface area contributed by atoms with Crippen LogP contribution < -0.4 is 5.32 Å². The molecule has 0 bridgehead atoms. The first-order chi connectivity index (χ1) is 9.20. The quantitative estimate of drug-likeness (QED) is 0.900. The molecule has 1 aromatic carbocycles. The summed E-state index contributed by atoms with van der Waals surface area (Å²) >= 11 is 3.44. The lowest BCUT2D eigenvalue weighted by molar-refractivity contribution is 0.254. The molecule has 3 nitrogen and oxygen atoms in total. The van der Waals surface area contributed by atoms with Gasteiger partial charge in [0.15, 0.2) is 0 Å². The number of halogens is 1. The highest BCUT2D eigenvalue weighted by Gasteiger charge is 2.18. The Morgan fingerprint density at radius 1 is 1.42 bits per heavy atom. The Morgan fingerprint density at radius 2 is 2.16 bits per heavy atom. The normalized spacial score (nSPS) is 15.7. The number of hydrogen-bond acceptors (Lipinski definition) is 3. The van der Waals surface area contributed by atoms with Crippen molar-refractivity contribution in [3.63, 3.8) is 0 Å². The van der Waals surface area contributed by atoms with Crippen LogP contribution in [0, 0.1) is 11.3 Å². The Balaban J connectivity index is 1.85. The number of nitriles is 1. The van der Waals surface area contributed by atoms with Crippen LogP contribution in [0.1, 0.15) is 31.2 Å². The van der Waals surface area contributed by atoms with Gasteiger partial charge in [-0.3, -0.25) is 0 Å². The molecule has 0 heterocycles. The average molecular weight is 322 g/mol. The highest BCUT2D eigenvalue weighted by molar-refractivity contribution is 9.10. The molecule has 1 aliphatic rings. The van der Waals surface area contributed by atoms with Crippen molar-refractivity contribution in [2.75, 3.05) is 25.5 Å². The first kappa shape index (κ1) is 14.4. The molecule has 1 aliphatic carbocycles. The molecule has 0 unspecified atom stereocenters. The zero-order chi connectivity index (χ0) is 13.7. The third-order valence-electron chi connectivity index (χ3n) is 3.83. The van der Waals surface area contributed by atoms with Gasteiger partial charge < -0.3 is 10.2 Å². The van der Waals surface area contributed by atoms with Crippen molar-refractivity contribution in [3.05, 3.63) is 28.2 Å². The minimum absolute atomic E-state index is 0.701. The summed E-state index contributed by atoms with van der Waals surface area (Å²) in [6.07, 6.45) is 5.40. The molecule has 1 saturated carbocycles. The smallest absolute Gasteiger partial charge is 0.101 e. The van der Waals surface area contributed by atoms with Gasteiger partial charge in [0.05, 0.1) is 11.3 Å². The lowest BCUT2D eigenvalue weighted by atomic mass is 10.2. The summed E-state index contributed by atoms with van der Waals surface area (Å²) in [5.74, 6) is 0. The van der Waals surface area contributed by atoms with Crippen molar-refractivity contribution in [1.29, 1.82) is 5.26 Å². The van der Waals surface area contributed by atoms with E-state index in [2.05, 4.69) is 39.3 Å². The van der Waals surface area contributed by atoms with Gasteiger partial charge in [-0.15, -0.1) is 0 Å². The van der Waals surface area contributed by atoms with E-state index in [1.165, 1.54) is 25.7 Å². The molecule has 19 heavy (non-hydrogen) atoms. The van der Waals surface area contributed by atoms with Crippen LogP contribution in [0.3, 0.4) is 0 Å². The fraction of sp³-hybridized carbons (Fsp3) is 0.533. The number of rotatable bonds is 5. The maximum Gasteiger partial charge on any atom is 0.101 e. The molecule has 0 radical (unpaired) electrons. The number of likely N-dealkylation sites (N-methyl/N-ethyl adjacent to an activating group) is 1. The van der Waals surface area contributed by atoms with Gasteiger partial charge in [-0.05, 0) is 38.1 Å². The Hall–Kier alpha value is -1.05. The van der Waals surface area contributed by atoms with Crippen molar-refractivity contribution < 1.29 is 0 Å². The number of nitrogens with zero attached hydrogens (tertiary/aromatic N) is 2. The van der Waals surface area contributed by atoms with Crippen molar-refractivity contribution in [2.45, 2.75) is 31.7 Å². The molecule has 102 valence electrons. The predicted octanol–water partition coefficient (Wildman–Crippen LogP) is 3.61. The van der Waals surface area contributed by atoms with Crippen LogP contribution in [0.4, 0.5) is 5.69 Å². The molecule has 0 spiro atoms. The first-order valence-corrected chi connectivity index (χ1v) is 7.64. The summed E-state index contributed by atoms with van der Waals surface area (Å²) in [7, 11) is 2.20. The monoisotopic (exact) mass is 321 g/mol. The van der Waals surface area contributed by atoms with Gasteiger partial charge in [0.25, 0.3) is 0 Å². The molecule has 0 aromatic heterocycles. The lowest BCUT2D eigenvalue weighted by Crippen LogP contribution is -2.33. The highest BCUT2D eigenvalue weighted by Crippen LogP contribution is 2.23. The number of anilines is 1.